The monoisotopic (exact) mass is 234 g/mol. The molecule has 1 atom stereocenters. The molecule has 1 aromatic carbocycles. The van der Waals surface area contributed by atoms with Crippen molar-refractivity contribution in [3.8, 4) is 0 Å². The van der Waals surface area contributed by atoms with Gasteiger partial charge in [0, 0.05) is 5.56 Å². The number of rotatable bonds is 2. The number of halogens is 1. The first-order valence-electron chi connectivity index (χ1n) is 5.20. The molecule has 0 saturated carbocycles. The first-order valence-corrected chi connectivity index (χ1v) is 5.64. The molecule has 0 amide bonds. The highest BCUT2D eigenvalue weighted by Gasteiger charge is 2.16. The predicted molar refractivity (Wildman–Crippen MR) is 61.3 cm³/mol. The Morgan fingerprint density at radius 3 is 2.75 bits per heavy atom. The summed E-state index contributed by atoms with van der Waals surface area (Å²) < 4.78 is 10.4. The van der Waals surface area contributed by atoms with E-state index in [4.69, 9.17) is 20.8 Å². The maximum absolute atomic E-state index is 6.37. The third-order valence-electron chi connectivity index (χ3n) is 2.87. The van der Waals surface area contributed by atoms with E-state index in [1.54, 1.807) is 12.5 Å². The number of fused-ring (bicyclic) bond motifs is 1. The van der Waals surface area contributed by atoms with Crippen molar-refractivity contribution in [1.29, 1.82) is 0 Å². The molecule has 2 nitrogen and oxygen atoms in total. The SMILES string of the molecule is ClC(c1ccoc1)c1ccc2c(c1)COC2. The third kappa shape index (κ3) is 1.64. The van der Waals surface area contributed by atoms with Gasteiger partial charge in [0.2, 0.25) is 0 Å². The van der Waals surface area contributed by atoms with E-state index < -0.39 is 0 Å². The molecule has 1 aliphatic heterocycles. The van der Waals surface area contributed by atoms with E-state index in [0.29, 0.717) is 13.2 Å². The summed E-state index contributed by atoms with van der Waals surface area (Å²) in [4.78, 5) is 0. The summed E-state index contributed by atoms with van der Waals surface area (Å²) in [7, 11) is 0. The van der Waals surface area contributed by atoms with Gasteiger partial charge in [-0.3, -0.25) is 0 Å². The number of alkyl halides is 1. The van der Waals surface area contributed by atoms with E-state index in [-0.39, 0.29) is 5.38 Å². The van der Waals surface area contributed by atoms with Crippen LogP contribution >= 0.6 is 11.6 Å². The molecule has 0 saturated heterocycles. The second-order valence-electron chi connectivity index (χ2n) is 3.94. The van der Waals surface area contributed by atoms with Gasteiger partial charge in [-0.2, -0.15) is 0 Å². The summed E-state index contributed by atoms with van der Waals surface area (Å²) in [5.74, 6) is 0. The maximum atomic E-state index is 6.37. The molecular weight excluding hydrogens is 224 g/mol. The molecule has 1 aromatic heterocycles. The van der Waals surface area contributed by atoms with Crippen LogP contribution in [-0.4, -0.2) is 0 Å². The van der Waals surface area contributed by atoms with Crippen LogP contribution in [0.3, 0.4) is 0 Å². The largest absolute Gasteiger partial charge is 0.472 e. The highest BCUT2D eigenvalue weighted by molar-refractivity contribution is 6.22. The van der Waals surface area contributed by atoms with Gasteiger partial charge in [-0.15, -0.1) is 11.6 Å². The first kappa shape index (κ1) is 9.94. The van der Waals surface area contributed by atoms with Crippen molar-refractivity contribution in [2.45, 2.75) is 18.6 Å². The van der Waals surface area contributed by atoms with Crippen molar-refractivity contribution in [2.24, 2.45) is 0 Å². The number of ether oxygens (including phenoxy) is 1. The lowest BCUT2D eigenvalue weighted by atomic mass is 10.0. The van der Waals surface area contributed by atoms with Crippen molar-refractivity contribution in [3.05, 3.63) is 59.0 Å². The molecule has 16 heavy (non-hydrogen) atoms. The minimum atomic E-state index is -0.148. The molecule has 0 radical (unpaired) electrons. The van der Waals surface area contributed by atoms with Gasteiger partial charge >= 0.3 is 0 Å². The van der Waals surface area contributed by atoms with Gasteiger partial charge < -0.3 is 9.15 Å². The fourth-order valence-electron chi connectivity index (χ4n) is 1.96. The molecule has 3 heteroatoms. The van der Waals surface area contributed by atoms with Crippen LogP contribution in [-0.2, 0) is 18.0 Å². The zero-order chi connectivity index (χ0) is 11.0. The van der Waals surface area contributed by atoms with Gasteiger partial charge in [-0.05, 0) is 22.8 Å². The predicted octanol–water partition coefficient (Wildman–Crippen LogP) is 3.64. The van der Waals surface area contributed by atoms with Crippen LogP contribution in [0, 0.1) is 0 Å². The van der Waals surface area contributed by atoms with E-state index in [0.717, 1.165) is 11.1 Å². The van der Waals surface area contributed by atoms with Gasteiger partial charge in [0.05, 0.1) is 31.1 Å². The molecule has 1 unspecified atom stereocenters. The van der Waals surface area contributed by atoms with Crippen LogP contribution in [0.4, 0.5) is 0 Å². The van der Waals surface area contributed by atoms with Gasteiger partial charge in [-0.25, -0.2) is 0 Å². The molecule has 2 heterocycles. The van der Waals surface area contributed by atoms with Crippen LogP contribution in [0.15, 0.2) is 41.2 Å². The van der Waals surface area contributed by atoms with E-state index in [1.807, 2.05) is 6.07 Å². The third-order valence-corrected chi connectivity index (χ3v) is 3.38. The highest BCUT2D eigenvalue weighted by Crippen LogP contribution is 2.31. The Labute approximate surface area is 98.8 Å². The molecule has 0 spiro atoms. The minimum absolute atomic E-state index is 0.148. The summed E-state index contributed by atoms with van der Waals surface area (Å²) in [6.45, 7) is 1.41. The summed E-state index contributed by atoms with van der Waals surface area (Å²) in [6.07, 6.45) is 3.32. The fourth-order valence-corrected chi connectivity index (χ4v) is 2.22. The van der Waals surface area contributed by atoms with E-state index in [1.165, 1.54) is 11.1 Å². The van der Waals surface area contributed by atoms with Crippen LogP contribution in [0.25, 0.3) is 0 Å². The molecule has 1 aliphatic rings. The normalized spacial score (nSPS) is 16.1. The lowest BCUT2D eigenvalue weighted by Crippen LogP contribution is -1.93. The number of hydrogen-bond donors (Lipinski definition) is 0. The quantitative estimate of drug-likeness (QED) is 0.741. The molecule has 0 bridgehead atoms. The van der Waals surface area contributed by atoms with Crippen molar-refractivity contribution in [2.75, 3.05) is 0 Å². The van der Waals surface area contributed by atoms with Crippen LogP contribution in [0.2, 0.25) is 0 Å². The molecule has 2 aromatic rings. The van der Waals surface area contributed by atoms with E-state index >= 15 is 0 Å². The lowest BCUT2D eigenvalue weighted by molar-refractivity contribution is 0.134. The van der Waals surface area contributed by atoms with Crippen molar-refractivity contribution >= 4 is 11.6 Å². The smallest absolute Gasteiger partial charge is 0.0952 e. The topological polar surface area (TPSA) is 22.4 Å². The fraction of sp³-hybridized carbons (Fsp3) is 0.231. The first-order chi connectivity index (χ1) is 7.84. The molecule has 82 valence electrons. The Balaban J connectivity index is 1.95. The Morgan fingerprint density at radius 1 is 1.06 bits per heavy atom. The van der Waals surface area contributed by atoms with Crippen LogP contribution < -0.4 is 0 Å². The van der Waals surface area contributed by atoms with Crippen molar-refractivity contribution in [1.82, 2.24) is 0 Å². The number of furan rings is 1. The van der Waals surface area contributed by atoms with Gasteiger partial charge in [0.1, 0.15) is 0 Å². The molecule has 0 aliphatic carbocycles. The average molecular weight is 235 g/mol. The van der Waals surface area contributed by atoms with Crippen LogP contribution in [0.1, 0.15) is 27.6 Å². The second-order valence-corrected chi connectivity index (χ2v) is 4.38. The maximum Gasteiger partial charge on any atom is 0.0952 e. The zero-order valence-electron chi connectivity index (χ0n) is 8.65. The van der Waals surface area contributed by atoms with E-state index in [2.05, 4.69) is 18.2 Å². The van der Waals surface area contributed by atoms with Crippen molar-refractivity contribution < 1.29 is 9.15 Å². The molecule has 0 N–H and O–H groups in total. The molecular formula is C13H11ClO2. The van der Waals surface area contributed by atoms with Gasteiger partial charge in [0.25, 0.3) is 0 Å². The highest BCUT2D eigenvalue weighted by atomic mass is 35.5. The molecule has 3 rings (SSSR count). The van der Waals surface area contributed by atoms with Crippen LogP contribution in [0.5, 0.6) is 0 Å². The number of hydrogen-bond acceptors (Lipinski definition) is 2. The Bertz CT molecular complexity index is 491. The number of benzene rings is 1. The molecule has 0 fully saturated rings. The second kappa shape index (κ2) is 3.96. The summed E-state index contributed by atoms with van der Waals surface area (Å²) >= 11 is 6.37. The Morgan fingerprint density at radius 2 is 1.94 bits per heavy atom. The average Bonchev–Trinajstić information content (AvgIpc) is 2.98. The van der Waals surface area contributed by atoms with Gasteiger partial charge in [-0.1, -0.05) is 18.2 Å². The Kier molecular flexibility index (Phi) is 2.46. The Hall–Kier alpha value is -1.25. The lowest BCUT2D eigenvalue weighted by Gasteiger charge is -2.08. The minimum Gasteiger partial charge on any atom is -0.472 e. The van der Waals surface area contributed by atoms with Crippen molar-refractivity contribution in [3.63, 3.8) is 0 Å². The zero-order valence-corrected chi connectivity index (χ0v) is 9.41. The van der Waals surface area contributed by atoms with E-state index in [9.17, 15) is 0 Å². The summed E-state index contributed by atoms with van der Waals surface area (Å²) in [5.41, 5.74) is 4.58. The standard InChI is InChI=1S/C13H11ClO2/c14-13(11-3-4-15-7-11)9-1-2-10-6-16-8-12(10)5-9/h1-5,7,13H,6,8H2. The summed E-state index contributed by atoms with van der Waals surface area (Å²) in [5, 5.41) is -0.148. The summed E-state index contributed by atoms with van der Waals surface area (Å²) in [6, 6.07) is 8.15. The van der Waals surface area contributed by atoms with Gasteiger partial charge in [0.15, 0.2) is 0 Å².